The van der Waals surface area contributed by atoms with Gasteiger partial charge in [0, 0.05) is 11.1 Å². The van der Waals surface area contributed by atoms with Gasteiger partial charge in [0.2, 0.25) is 0 Å². The van der Waals surface area contributed by atoms with Crippen molar-refractivity contribution >= 4 is 28.5 Å². The number of hydrogen-bond acceptors (Lipinski definition) is 4. The van der Waals surface area contributed by atoms with Crippen molar-refractivity contribution in [2.75, 3.05) is 5.32 Å². The predicted octanol–water partition coefficient (Wildman–Crippen LogP) is 4.72. The van der Waals surface area contributed by atoms with Crippen molar-refractivity contribution in [3.8, 4) is 11.5 Å². The summed E-state index contributed by atoms with van der Waals surface area (Å²) in [6, 6.07) is 18.7. The summed E-state index contributed by atoms with van der Waals surface area (Å²) in [5, 5.41) is 3.20. The van der Waals surface area contributed by atoms with Crippen molar-refractivity contribution < 1.29 is 23.1 Å². The fourth-order valence-corrected chi connectivity index (χ4v) is 2.81. The number of halogens is 1. The lowest BCUT2D eigenvalue weighted by molar-refractivity contribution is 0.0990. The molecule has 2 amide bonds. The number of para-hydroxylation sites is 1. The zero-order chi connectivity index (χ0) is 20.4. The van der Waals surface area contributed by atoms with E-state index in [0.29, 0.717) is 28.2 Å². The number of benzene rings is 3. The van der Waals surface area contributed by atoms with Gasteiger partial charge in [0.15, 0.2) is 5.76 Å². The molecule has 0 spiro atoms. The molecule has 1 heterocycles. The van der Waals surface area contributed by atoms with Gasteiger partial charge in [-0.1, -0.05) is 12.1 Å². The Morgan fingerprint density at radius 2 is 1.72 bits per heavy atom. The van der Waals surface area contributed by atoms with Crippen LogP contribution >= 0.6 is 0 Å². The summed E-state index contributed by atoms with van der Waals surface area (Å²) >= 11 is 0. The molecule has 0 radical (unpaired) electrons. The minimum Gasteiger partial charge on any atom is -0.457 e. The predicted molar refractivity (Wildman–Crippen MR) is 106 cm³/mol. The van der Waals surface area contributed by atoms with Gasteiger partial charge in [-0.2, -0.15) is 0 Å². The first-order chi connectivity index (χ1) is 14.0. The van der Waals surface area contributed by atoms with Crippen molar-refractivity contribution in [2.45, 2.75) is 0 Å². The second-order valence-corrected chi connectivity index (χ2v) is 6.23. The fourth-order valence-electron chi connectivity index (χ4n) is 2.81. The Balaban J connectivity index is 1.48. The van der Waals surface area contributed by atoms with Crippen molar-refractivity contribution in [1.29, 1.82) is 0 Å². The van der Waals surface area contributed by atoms with Gasteiger partial charge in [0.05, 0.1) is 5.56 Å². The minimum absolute atomic E-state index is 0.0707. The first-order valence-electron chi connectivity index (χ1n) is 8.67. The molecule has 29 heavy (non-hydrogen) atoms. The fraction of sp³-hybridized carbons (Fsp3) is 0. The Bertz CT molecular complexity index is 1220. The lowest BCUT2D eigenvalue weighted by atomic mass is 10.2. The van der Waals surface area contributed by atoms with Crippen LogP contribution in [0.15, 0.2) is 77.2 Å². The van der Waals surface area contributed by atoms with Crippen LogP contribution in [0.3, 0.4) is 0 Å². The van der Waals surface area contributed by atoms with E-state index in [-0.39, 0.29) is 11.3 Å². The lowest BCUT2D eigenvalue weighted by Crippen LogP contribution is -2.12. The van der Waals surface area contributed by atoms with E-state index in [1.807, 2.05) is 0 Å². The highest BCUT2D eigenvalue weighted by Crippen LogP contribution is 2.27. The standard InChI is InChI=1S/C22H15FN2O4/c23-14-5-10-18-13(11-14)12-20(29-18)22(27)25-15-6-8-16(9-7-15)28-19-4-2-1-3-17(19)21(24)26/h1-12H,(H2,24,26)(H,25,27). The van der Waals surface area contributed by atoms with Crippen LogP contribution in [-0.2, 0) is 0 Å². The Morgan fingerprint density at radius 1 is 0.966 bits per heavy atom. The second-order valence-electron chi connectivity index (χ2n) is 6.23. The molecular weight excluding hydrogens is 375 g/mol. The molecular formula is C22H15FN2O4. The highest BCUT2D eigenvalue weighted by molar-refractivity contribution is 6.04. The van der Waals surface area contributed by atoms with Gasteiger partial charge in [-0.15, -0.1) is 0 Å². The first kappa shape index (κ1) is 18.2. The highest BCUT2D eigenvalue weighted by Gasteiger charge is 2.14. The third kappa shape index (κ3) is 3.93. The van der Waals surface area contributed by atoms with Gasteiger partial charge in [-0.3, -0.25) is 9.59 Å². The van der Waals surface area contributed by atoms with Crippen LogP contribution < -0.4 is 15.8 Å². The Morgan fingerprint density at radius 3 is 2.48 bits per heavy atom. The maximum Gasteiger partial charge on any atom is 0.291 e. The van der Waals surface area contributed by atoms with E-state index in [9.17, 15) is 14.0 Å². The second kappa shape index (κ2) is 7.47. The molecule has 3 aromatic carbocycles. The Hall–Kier alpha value is -4.13. The molecule has 0 atom stereocenters. The molecule has 144 valence electrons. The number of nitrogens with two attached hydrogens (primary N) is 1. The number of ether oxygens (including phenoxy) is 1. The minimum atomic E-state index is -0.588. The summed E-state index contributed by atoms with van der Waals surface area (Å²) in [5.74, 6) is -0.577. The number of rotatable bonds is 5. The third-order valence-corrected chi connectivity index (χ3v) is 4.19. The maximum absolute atomic E-state index is 13.3. The van der Waals surface area contributed by atoms with Crippen LogP contribution in [0.25, 0.3) is 11.0 Å². The van der Waals surface area contributed by atoms with E-state index in [0.717, 1.165) is 0 Å². The molecule has 1 aromatic heterocycles. The van der Waals surface area contributed by atoms with Crippen molar-refractivity contribution in [3.63, 3.8) is 0 Å². The third-order valence-electron chi connectivity index (χ3n) is 4.19. The number of carbonyl (C=O) groups excluding carboxylic acids is 2. The van der Waals surface area contributed by atoms with Gasteiger partial charge in [-0.25, -0.2) is 4.39 Å². The normalized spacial score (nSPS) is 10.7. The molecule has 0 unspecified atom stereocenters. The molecule has 7 heteroatoms. The number of nitrogens with one attached hydrogen (secondary N) is 1. The van der Waals surface area contributed by atoms with Crippen molar-refractivity contribution in [1.82, 2.24) is 0 Å². The molecule has 4 aromatic rings. The van der Waals surface area contributed by atoms with E-state index in [2.05, 4.69) is 5.32 Å². The smallest absolute Gasteiger partial charge is 0.291 e. The zero-order valence-electron chi connectivity index (χ0n) is 15.0. The van der Waals surface area contributed by atoms with E-state index < -0.39 is 17.6 Å². The van der Waals surface area contributed by atoms with E-state index in [1.165, 1.54) is 24.3 Å². The number of carbonyl (C=O) groups is 2. The summed E-state index contributed by atoms with van der Waals surface area (Å²) in [5.41, 5.74) is 6.55. The van der Waals surface area contributed by atoms with Gasteiger partial charge in [-0.05, 0) is 60.7 Å². The number of furan rings is 1. The number of fused-ring (bicyclic) bond motifs is 1. The summed E-state index contributed by atoms with van der Waals surface area (Å²) in [4.78, 5) is 23.9. The zero-order valence-corrected chi connectivity index (χ0v) is 15.0. The molecule has 0 aliphatic carbocycles. The molecule has 6 nitrogen and oxygen atoms in total. The quantitative estimate of drug-likeness (QED) is 0.516. The van der Waals surface area contributed by atoms with Crippen LogP contribution in [0.4, 0.5) is 10.1 Å². The Labute approximate surface area is 164 Å². The van der Waals surface area contributed by atoms with Gasteiger partial charge in [0.1, 0.15) is 22.9 Å². The maximum atomic E-state index is 13.3. The summed E-state index contributed by atoms with van der Waals surface area (Å²) in [6.07, 6.45) is 0. The number of hydrogen-bond donors (Lipinski definition) is 2. The summed E-state index contributed by atoms with van der Waals surface area (Å²) in [7, 11) is 0. The molecule has 0 saturated heterocycles. The van der Waals surface area contributed by atoms with Crippen LogP contribution in [0.1, 0.15) is 20.9 Å². The average Bonchev–Trinajstić information content (AvgIpc) is 3.13. The molecule has 0 fully saturated rings. The SMILES string of the molecule is NC(=O)c1ccccc1Oc1ccc(NC(=O)c2cc3cc(F)ccc3o2)cc1. The van der Waals surface area contributed by atoms with Gasteiger partial charge < -0.3 is 20.2 Å². The monoisotopic (exact) mass is 390 g/mol. The van der Waals surface area contributed by atoms with Crippen LogP contribution in [0.2, 0.25) is 0 Å². The number of anilines is 1. The summed E-state index contributed by atoms with van der Waals surface area (Å²) in [6.45, 7) is 0. The van der Waals surface area contributed by atoms with Crippen LogP contribution in [0.5, 0.6) is 11.5 Å². The topological polar surface area (TPSA) is 94.6 Å². The van der Waals surface area contributed by atoms with Gasteiger partial charge in [0.25, 0.3) is 11.8 Å². The molecule has 3 N–H and O–H groups in total. The van der Waals surface area contributed by atoms with Crippen LogP contribution in [-0.4, -0.2) is 11.8 Å². The van der Waals surface area contributed by atoms with E-state index >= 15 is 0 Å². The average molecular weight is 390 g/mol. The molecule has 0 aliphatic rings. The first-order valence-corrected chi connectivity index (χ1v) is 8.67. The van der Waals surface area contributed by atoms with E-state index in [1.54, 1.807) is 48.5 Å². The number of amides is 2. The molecule has 0 bridgehead atoms. The largest absolute Gasteiger partial charge is 0.457 e. The van der Waals surface area contributed by atoms with Crippen molar-refractivity contribution in [2.24, 2.45) is 5.73 Å². The van der Waals surface area contributed by atoms with Crippen molar-refractivity contribution in [3.05, 3.63) is 89.9 Å². The molecule has 4 rings (SSSR count). The Kier molecular flexibility index (Phi) is 4.70. The summed E-state index contributed by atoms with van der Waals surface area (Å²) < 4.78 is 24.4. The van der Waals surface area contributed by atoms with Gasteiger partial charge >= 0.3 is 0 Å². The van der Waals surface area contributed by atoms with Crippen LogP contribution in [0, 0.1) is 5.82 Å². The lowest BCUT2D eigenvalue weighted by Gasteiger charge is -2.10. The number of primary amides is 1. The highest BCUT2D eigenvalue weighted by atomic mass is 19.1. The molecule has 0 saturated carbocycles. The molecule has 0 aliphatic heterocycles. The van der Waals surface area contributed by atoms with E-state index in [4.69, 9.17) is 14.9 Å².